The van der Waals surface area contributed by atoms with Gasteiger partial charge >= 0.3 is 0 Å². The van der Waals surface area contributed by atoms with E-state index in [4.69, 9.17) is 0 Å². The maximum Gasteiger partial charge on any atom is 0.234 e. The number of hydrogen-bond donors (Lipinski definition) is 2. The van der Waals surface area contributed by atoms with Crippen molar-refractivity contribution in [2.24, 2.45) is 0 Å². The third-order valence-electron chi connectivity index (χ3n) is 5.01. The van der Waals surface area contributed by atoms with Crippen molar-refractivity contribution in [2.75, 3.05) is 16.4 Å². The number of thioether (sulfide) groups is 1. The van der Waals surface area contributed by atoms with E-state index in [9.17, 15) is 4.79 Å². The molecule has 0 saturated carbocycles. The fourth-order valence-electron chi connectivity index (χ4n) is 3.38. The van der Waals surface area contributed by atoms with E-state index in [0.717, 1.165) is 39.7 Å². The van der Waals surface area contributed by atoms with Crippen molar-refractivity contribution in [2.45, 2.75) is 32.1 Å². The summed E-state index contributed by atoms with van der Waals surface area (Å²) in [5, 5.41) is 17.9. The van der Waals surface area contributed by atoms with Gasteiger partial charge in [-0.3, -0.25) is 4.79 Å². The Morgan fingerprint density at radius 2 is 1.77 bits per heavy atom. The molecule has 1 amide bonds. The zero-order valence-corrected chi connectivity index (χ0v) is 18.4. The number of fused-ring (bicyclic) bond motifs is 1. The van der Waals surface area contributed by atoms with Crippen LogP contribution in [0.3, 0.4) is 0 Å². The molecule has 0 fully saturated rings. The number of hydrogen-bond acceptors (Lipinski definition) is 5. The van der Waals surface area contributed by atoms with Gasteiger partial charge < -0.3 is 15.2 Å². The Kier molecular flexibility index (Phi) is 6.52. The lowest BCUT2D eigenvalue weighted by molar-refractivity contribution is -0.113. The molecule has 0 spiro atoms. The number of aromatic nitrogens is 3. The topological polar surface area (TPSA) is 71.8 Å². The molecule has 158 valence electrons. The van der Waals surface area contributed by atoms with E-state index in [-0.39, 0.29) is 11.7 Å². The summed E-state index contributed by atoms with van der Waals surface area (Å²) >= 11 is 1.40. The lowest BCUT2D eigenvalue weighted by Crippen LogP contribution is -2.15. The summed E-state index contributed by atoms with van der Waals surface area (Å²) < 4.78 is 2.04. The molecule has 4 rings (SSSR count). The second-order valence-electron chi connectivity index (χ2n) is 7.23. The highest BCUT2D eigenvalue weighted by Gasteiger charge is 2.14. The minimum Gasteiger partial charge on any atom is -0.378 e. The summed E-state index contributed by atoms with van der Waals surface area (Å²) in [6.07, 6.45) is 0. The monoisotopic (exact) mass is 431 g/mol. The number of anilines is 2. The molecule has 0 aliphatic heterocycles. The Morgan fingerprint density at radius 3 is 2.58 bits per heavy atom. The van der Waals surface area contributed by atoms with Gasteiger partial charge in [0.15, 0.2) is 11.0 Å². The lowest BCUT2D eigenvalue weighted by Gasteiger charge is -2.10. The van der Waals surface area contributed by atoms with Gasteiger partial charge in [-0.15, -0.1) is 10.2 Å². The zero-order valence-electron chi connectivity index (χ0n) is 17.6. The maximum atomic E-state index is 12.6. The van der Waals surface area contributed by atoms with E-state index in [1.165, 1.54) is 17.3 Å². The molecule has 2 N–H and O–H groups in total. The van der Waals surface area contributed by atoms with Crippen LogP contribution in [0.2, 0.25) is 0 Å². The summed E-state index contributed by atoms with van der Waals surface area (Å²) in [7, 11) is 0. The molecule has 1 heterocycles. The van der Waals surface area contributed by atoms with Crippen LogP contribution in [-0.4, -0.2) is 26.4 Å². The van der Waals surface area contributed by atoms with Gasteiger partial charge in [-0.2, -0.15) is 0 Å². The number of benzene rings is 3. The van der Waals surface area contributed by atoms with Crippen LogP contribution in [0.25, 0.3) is 10.8 Å². The average molecular weight is 432 g/mol. The van der Waals surface area contributed by atoms with E-state index in [2.05, 4.69) is 58.9 Å². The number of amides is 1. The quantitative estimate of drug-likeness (QED) is 0.380. The van der Waals surface area contributed by atoms with Gasteiger partial charge in [0.2, 0.25) is 5.91 Å². The van der Waals surface area contributed by atoms with Crippen molar-refractivity contribution in [1.82, 2.24) is 14.8 Å². The number of nitrogens with zero attached hydrogens (tertiary/aromatic N) is 3. The van der Waals surface area contributed by atoms with Crippen molar-refractivity contribution >= 4 is 39.8 Å². The number of rotatable bonds is 8. The van der Waals surface area contributed by atoms with E-state index < -0.39 is 0 Å². The predicted molar refractivity (Wildman–Crippen MR) is 128 cm³/mol. The molecule has 0 aliphatic rings. The van der Waals surface area contributed by atoms with E-state index in [0.29, 0.717) is 6.54 Å². The fraction of sp³-hybridized carbons (Fsp3) is 0.208. The summed E-state index contributed by atoms with van der Waals surface area (Å²) in [4.78, 5) is 12.6. The average Bonchev–Trinajstić information content (AvgIpc) is 3.19. The Labute approximate surface area is 186 Å². The molecule has 4 aromatic rings. The highest BCUT2D eigenvalue weighted by Crippen LogP contribution is 2.24. The van der Waals surface area contributed by atoms with E-state index in [1.54, 1.807) is 0 Å². The standard InChI is InChI=1S/C24H25N5OS/c1-3-29-22(15-25-19-13-11-17(2)12-14-19)27-28-24(29)31-16-23(30)26-21-10-6-8-18-7-4-5-9-20(18)21/h4-14,25H,3,15-16H2,1-2H3,(H,26,30). The van der Waals surface area contributed by atoms with Crippen molar-refractivity contribution in [3.8, 4) is 0 Å². The van der Waals surface area contributed by atoms with Crippen LogP contribution < -0.4 is 10.6 Å². The highest BCUT2D eigenvalue weighted by molar-refractivity contribution is 7.99. The van der Waals surface area contributed by atoms with Crippen LogP contribution in [-0.2, 0) is 17.9 Å². The van der Waals surface area contributed by atoms with Crippen molar-refractivity contribution < 1.29 is 4.79 Å². The first-order chi connectivity index (χ1) is 15.1. The van der Waals surface area contributed by atoms with Crippen molar-refractivity contribution in [1.29, 1.82) is 0 Å². The maximum absolute atomic E-state index is 12.6. The predicted octanol–water partition coefficient (Wildman–Crippen LogP) is 5.10. The SMILES string of the molecule is CCn1c(CNc2ccc(C)cc2)nnc1SCC(=O)Nc1cccc2ccccc12. The van der Waals surface area contributed by atoms with Crippen LogP contribution in [0.15, 0.2) is 71.9 Å². The smallest absolute Gasteiger partial charge is 0.234 e. The number of nitrogens with one attached hydrogen (secondary N) is 2. The molecular weight excluding hydrogens is 406 g/mol. The molecule has 6 nitrogen and oxygen atoms in total. The molecule has 0 saturated heterocycles. The molecule has 0 bridgehead atoms. The lowest BCUT2D eigenvalue weighted by atomic mass is 10.1. The van der Waals surface area contributed by atoms with Crippen LogP contribution in [0.5, 0.6) is 0 Å². The molecular formula is C24H25N5OS. The van der Waals surface area contributed by atoms with Gasteiger partial charge in [0.05, 0.1) is 12.3 Å². The van der Waals surface area contributed by atoms with Crippen LogP contribution in [0.4, 0.5) is 11.4 Å². The minimum atomic E-state index is -0.0636. The Balaban J connectivity index is 1.37. The Hall–Kier alpha value is -3.32. The zero-order chi connectivity index (χ0) is 21.6. The normalized spacial score (nSPS) is 10.9. The first kappa shape index (κ1) is 20.9. The van der Waals surface area contributed by atoms with E-state index in [1.807, 2.05) is 47.0 Å². The summed E-state index contributed by atoms with van der Waals surface area (Å²) in [6.45, 7) is 5.44. The molecule has 0 aliphatic carbocycles. The fourth-order valence-corrected chi connectivity index (χ4v) is 4.20. The van der Waals surface area contributed by atoms with Crippen LogP contribution in [0, 0.1) is 6.92 Å². The largest absolute Gasteiger partial charge is 0.378 e. The number of aryl methyl sites for hydroxylation is 1. The van der Waals surface area contributed by atoms with E-state index >= 15 is 0 Å². The van der Waals surface area contributed by atoms with Gasteiger partial charge in [-0.1, -0.05) is 65.9 Å². The third kappa shape index (κ3) is 5.06. The van der Waals surface area contributed by atoms with Crippen molar-refractivity contribution in [3.63, 3.8) is 0 Å². The number of carbonyl (C=O) groups excluding carboxylic acids is 1. The summed E-state index contributed by atoms with van der Waals surface area (Å²) in [6, 6.07) is 22.2. The van der Waals surface area contributed by atoms with Gasteiger partial charge in [-0.05, 0) is 37.4 Å². The van der Waals surface area contributed by atoms with Crippen molar-refractivity contribution in [3.05, 3.63) is 78.1 Å². The second kappa shape index (κ2) is 9.66. The first-order valence-corrected chi connectivity index (χ1v) is 11.3. The minimum absolute atomic E-state index is 0.0636. The second-order valence-corrected chi connectivity index (χ2v) is 8.17. The molecule has 7 heteroatoms. The van der Waals surface area contributed by atoms with Gasteiger partial charge in [0, 0.05) is 23.3 Å². The number of carbonyl (C=O) groups is 1. The Bertz CT molecular complexity index is 1180. The van der Waals surface area contributed by atoms with Gasteiger partial charge in [0.1, 0.15) is 0 Å². The molecule has 31 heavy (non-hydrogen) atoms. The molecule has 0 unspecified atom stereocenters. The summed E-state index contributed by atoms with van der Waals surface area (Å²) in [5.74, 6) is 1.05. The molecule has 0 radical (unpaired) electrons. The molecule has 1 aromatic heterocycles. The molecule has 0 atom stereocenters. The van der Waals surface area contributed by atoms with Gasteiger partial charge in [0.25, 0.3) is 0 Å². The summed E-state index contributed by atoms with van der Waals surface area (Å²) in [5.41, 5.74) is 3.09. The van der Waals surface area contributed by atoms with Crippen LogP contribution >= 0.6 is 11.8 Å². The first-order valence-electron chi connectivity index (χ1n) is 10.3. The van der Waals surface area contributed by atoms with Gasteiger partial charge in [-0.25, -0.2) is 0 Å². The Morgan fingerprint density at radius 1 is 1.00 bits per heavy atom. The third-order valence-corrected chi connectivity index (χ3v) is 5.97. The highest BCUT2D eigenvalue weighted by atomic mass is 32.2. The van der Waals surface area contributed by atoms with Crippen LogP contribution in [0.1, 0.15) is 18.3 Å². The molecule has 3 aromatic carbocycles.